The van der Waals surface area contributed by atoms with Crippen LogP contribution in [0.4, 0.5) is 0 Å². The first-order valence-corrected chi connectivity index (χ1v) is 12.5. The van der Waals surface area contributed by atoms with Crippen LogP contribution in [-0.4, -0.2) is 83.2 Å². The Bertz CT molecular complexity index is 689. The maximum absolute atomic E-state index is 12.8. The highest BCUT2D eigenvalue weighted by Gasteiger charge is 2.30. The summed E-state index contributed by atoms with van der Waals surface area (Å²) in [7, 11) is 0. The minimum absolute atomic E-state index is 0.0121. The lowest BCUT2D eigenvalue weighted by Crippen LogP contribution is -2.58. The topological polar surface area (TPSA) is 215 Å². The second-order valence-corrected chi connectivity index (χ2v) is 9.06. The SMILES string of the molecule is CSCCC(NC(=O)C(CS)NC(=O)C(N)C(C)C)C(=O)NC(CCCN=C(N)N)C(=O)O. The average Bonchev–Trinajstić information content (AvgIpc) is 2.75. The minimum Gasteiger partial charge on any atom is -0.480 e. The summed E-state index contributed by atoms with van der Waals surface area (Å²) in [6.45, 7) is 3.77. The number of carbonyl (C=O) groups excluding carboxylic acids is 3. The van der Waals surface area contributed by atoms with Gasteiger partial charge in [-0.15, -0.1) is 0 Å². The number of thiol groups is 1. The zero-order valence-corrected chi connectivity index (χ0v) is 21.0. The maximum atomic E-state index is 12.8. The van der Waals surface area contributed by atoms with Gasteiger partial charge in [0.25, 0.3) is 0 Å². The van der Waals surface area contributed by atoms with Gasteiger partial charge in [-0.25, -0.2) is 4.79 Å². The van der Waals surface area contributed by atoms with Gasteiger partial charge in [0.15, 0.2) is 5.96 Å². The summed E-state index contributed by atoms with van der Waals surface area (Å²) in [5.41, 5.74) is 16.3. The third-order valence-electron chi connectivity index (χ3n) is 4.64. The Morgan fingerprint density at radius 2 is 1.52 bits per heavy atom. The van der Waals surface area contributed by atoms with Crippen molar-refractivity contribution in [2.24, 2.45) is 28.1 Å². The van der Waals surface area contributed by atoms with Crippen molar-refractivity contribution in [3.05, 3.63) is 0 Å². The van der Waals surface area contributed by atoms with Crippen molar-refractivity contribution in [1.29, 1.82) is 0 Å². The third kappa shape index (κ3) is 12.6. The summed E-state index contributed by atoms with van der Waals surface area (Å²) in [5, 5.41) is 17.0. The number of aliphatic carboxylic acids is 1. The van der Waals surface area contributed by atoms with Gasteiger partial charge in [-0.2, -0.15) is 24.4 Å². The van der Waals surface area contributed by atoms with E-state index in [1.165, 1.54) is 11.8 Å². The van der Waals surface area contributed by atoms with Crippen molar-refractivity contribution in [3.63, 3.8) is 0 Å². The molecule has 0 heterocycles. The Balaban J connectivity index is 5.21. The van der Waals surface area contributed by atoms with E-state index in [0.717, 1.165) is 0 Å². The van der Waals surface area contributed by atoms with Gasteiger partial charge < -0.3 is 38.3 Å². The number of thioether (sulfide) groups is 1. The molecule has 3 amide bonds. The first-order valence-electron chi connectivity index (χ1n) is 10.5. The lowest BCUT2D eigenvalue weighted by atomic mass is 10.0. The van der Waals surface area contributed by atoms with Gasteiger partial charge >= 0.3 is 5.97 Å². The molecule has 4 unspecified atom stereocenters. The van der Waals surface area contributed by atoms with Crippen LogP contribution in [-0.2, 0) is 19.2 Å². The van der Waals surface area contributed by atoms with E-state index in [1.54, 1.807) is 13.8 Å². The lowest BCUT2D eigenvalue weighted by Gasteiger charge is -2.25. The van der Waals surface area contributed by atoms with Crippen molar-refractivity contribution >= 4 is 54.0 Å². The van der Waals surface area contributed by atoms with E-state index in [4.69, 9.17) is 17.2 Å². The zero-order valence-electron chi connectivity index (χ0n) is 19.2. The molecular weight excluding hydrogens is 470 g/mol. The molecular formula is C19H37N7O5S2. The molecule has 14 heteroatoms. The molecule has 0 aliphatic rings. The number of hydrogen-bond donors (Lipinski definition) is 8. The number of carboxylic acid groups (broad SMARTS) is 1. The molecule has 0 bridgehead atoms. The molecule has 0 saturated heterocycles. The largest absolute Gasteiger partial charge is 0.480 e. The number of hydrogen-bond acceptors (Lipinski definition) is 8. The molecule has 0 aromatic carbocycles. The zero-order chi connectivity index (χ0) is 25.6. The lowest BCUT2D eigenvalue weighted by molar-refractivity contribution is -0.142. The number of aliphatic imine (C=N–C) groups is 1. The average molecular weight is 508 g/mol. The molecule has 0 spiro atoms. The highest BCUT2D eigenvalue weighted by molar-refractivity contribution is 7.98. The summed E-state index contributed by atoms with van der Waals surface area (Å²) in [4.78, 5) is 53.0. The van der Waals surface area contributed by atoms with Crippen molar-refractivity contribution < 1.29 is 24.3 Å². The second-order valence-electron chi connectivity index (χ2n) is 7.70. The van der Waals surface area contributed by atoms with Crippen LogP contribution < -0.4 is 33.2 Å². The summed E-state index contributed by atoms with van der Waals surface area (Å²) in [5.74, 6) is -2.69. The molecule has 10 N–H and O–H groups in total. The predicted octanol–water partition coefficient (Wildman–Crippen LogP) is -1.75. The molecule has 0 aliphatic carbocycles. The Morgan fingerprint density at radius 3 is 2.00 bits per heavy atom. The highest BCUT2D eigenvalue weighted by atomic mass is 32.2. The van der Waals surface area contributed by atoms with Gasteiger partial charge in [0.2, 0.25) is 17.7 Å². The van der Waals surface area contributed by atoms with Crippen LogP contribution in [0.2, 0.25) is 0 Å². The molecule has 12 nitrogen and oxygen atoms in total. The Morgan fingerprint density at radius 1 is 0.970 bits per heavy atom. The van der Waals surface area contributed by atoms with Gasteiger partial charge in [0.1, 0.15) is 18.1 Å². The summed E-state index contributed by atoms with van der Waals surface area (Å²) in [6.07, 6.45) is 2.53. The quantitative estimate of drug-likeness (QED) is 0.0513. The van der Waals surface area contributed by atoms with Crippen molar-refractivity contribution in [2.45, 2.75) is 57.3 Å². The van der Waals surface area contributed by atoms with Gasteiger partial charge in [0.05, 0.1) is 6.04 Å². The summed E-state index contributed by atoms with van der Waals surface area (Å²) in [6, 6.07) is -3.98. The number of nitrogens with two attached hydrogens (primary N) is 3. The van der Waals surface area contributed by atoms with E-state index in [-0.39, 0.29) is 37.0 Å². The molecule has 0 saturated carbocycles. The Kier molecular flexibility index (Phi) is 15.3. The summed E-state index contributed by atoms with van der Waals surface area (Å²) >= 11 is 5.58. The number of guanidine groups is 1. The van der Waals surface area contributed by atoms with Gasteiger partial charge in [-0.05, 0) is 37.2 Å². The molecule has 0 fully saturated rings. The van der Waals surface area contributed by atoms with E-state index in [0.29, 0.717) is 12.2 Å². The van der Waals surface area contributed by atoms with Crippen molar-refractivity contribution in [2.75, 3.05) is 24.3 Å². The van der Waals surface area contributed by atoms with Crippen molar-refractivity contribution in [3.8, 4) is 0 Å². The maximum Gasteiger partial charge on any atom is 0.326 e. The van der Waals surface area contributed by atoms with Crippen LogP contribution >= 0.6 is 24.4 Å². The number of carboxylic acids is 1. The molecule has 4 atom stereocenters. The first kappa shape index (κ1) is 30.8. The standard InChI is InChI=1S/C19H37N7O5S2/c1-10(2)14(20)17(29)26-13(9-32)16(28)24-11(6-8-33-3)15(27)25-12(18(30)31)5-4-7-23-19(21)22/h10-14,32H,4-9,20H2,1-3H3,(H,24,28)(H,25,27)(H,26,29)(H,30,31)(H4,21,22,23). The van der Waals surface area contributed by atoms with Crippen LogP contribution in [0.1, 0.15) is 33.1 Å². The fourth-order valence-corrected chi connectivity index (χ4v) is 3.30. The number of nitrogens with zero attached hydrogens (tertiary/aromatic N) is 1. The number of carbonyl (C=O) groups is 4. The van der Waals surface area contributed by atoms with Crippen LogP contribution in [0.15, 0.2) is 4.99 Å². The molecule has 0 aliphatic heterocycles. The van der Waals surface area contributed by atoms with Gasteiger partial charge in [-0.1, -0.05) is 13.8 Å². The van der Waals surface area contributed by atoms with Gasteiger partial charge in [0, 0.05) is 12.3 Å². The normalized spacial score (nSPS) is 14.5. The number of nitrogens with one attached hydrogen (secondary N) is 3. The monoisotopic (exact) mass is 507 g/mol. The molecule has 0 radical (unpaired) electrons. The third-order valence-corrected chi connectivity index (χ3v) is 5.65. The predicted molar refractivity (Wildman–Crippen MR) is 133 cm³/mol. The highest BCUT2D eigenvalue weighted by Crippen LogP contribution is 2.06. The smallest absolute Gasteiger partial charge is 0.326 e. The van der Waals surface area contributed by atoms with E-state index in [2.05, 4.69) is 33.6 Å². The van der Waals surface area contributed by atoms with Gasteiger partial charge in [-0.3, -0.25) is 19.4 Å². The molecule has 0 aromatic heterocycles. The Labute approximate surface area is 204 Å². The molecule has 0 rings (SSSR count). The molecule has 190 valence electrons. The minimum atomic E-state index is -1.22. The fourth-order valence-electron chi connectivity index (χ4n) is 2.57. The van der Waals surface area contributed by atoms with Crippen LogP contribution in [0.25, 0.3) is 0 Å². The van der Waals surface area contributed by atoms with Crippen LogP contribution in [0, 0.1) is 5.92 Å². The van der Waals surface area contributed by atoms with Crippen LogP contribution in [0.5, 0.6) is 0 Å². The second kappa shape index (κ2) is 16.4. The first-order chi connectivity index (χ1) is 15.4. The number of rotatable bonds is 16. The molecule has 33 heavy (non-hydrogen) atoms. The fraction of sp³-hybridized carbons (Fsp3) is 0.737. The summed E-state index contributed by atoms with van der Waals surface area (Å²) < 4.78 is 0. The Hall–Kier alpha value is -2.19. The molecule has 0 aromatic rings. The van der Waals surface area contributed by atoms with E-state index < -0.39 is 47.9 Å². The number of amides is 3. The van der Waals surface area contributed by atoms with Crippen LogP contribution in [0.3, 0.4) is 0 Å². The van der Waals surface area contributed by atoms with E-state index in [1.807, 2.05) is 6.26 Å². The van der Waals surface area contributed by atoms with E-state index in [9.17, 15) is 24.3 Å². The van der Waals surface area contributed by atoms with Crippen molar-refractivity contribution in [1.82, 2.24) is 16.0 Å². The van der Waals surface area contributed by atoms with E-state index >= 15 is 0 Å².